The predicted molar refractivity (Wildman–Crippen MR) is 393 cm³/mol. The Bertz CT molecular complexity index is 3810. The minimum atomic E-state index is -0.467. The average molecular weight is 1280 g/mol. The molecule has 0 amide bonds. The summed E-state index contributed by atoms with van der Waals surface area (Å²) < 4.78 is 39.6. The van der Waals surface area contributed by atoms with Crippen LogP contribution in [0.3, 0.4) is 0 Å². The van der Waals surface area contributed by atoms with E-state index >= 15 is 0 Å². The van der Waals surface area contributed by atoms with Gasteiger partial charge in [-0.05, 0) is 228 Å². The standard InChI is InChI=1S/C83H104B2N2O8/c1-77(2,3)90-75(88)37-25-21-17-15-19-23-31-55-83(56-32-24-20-16-18-22-26-38-76(89)91-78(4,5)6)71-35-29-27-33-67(71)68-54-52-66(58-72(68)83)87-73-36-30-28-34-69(73)70-53-41-60(57-74(70)87)59-39-46-63(47-40-59)86(64-48-42-61(43-49-64)84-92-79(7,8)80(9,10)93-84)65-50-44-62(45-51-65)85-94-81(11,12)82(13,14)95-85/h27-30,33-36,39-54,57-58H,15-26,31-32,37-38,55-56H2,1-14H3. The van der Waals surface area contributed by atoms with Crippen molar-refractivity contribution in [3.63, 3.8) is 0 Å². The van der Waals surface area contributed by atoms with Gasteiger partial charge in [0, 0.05) is 51.8 Å². The molecule has 1 aliphatic carbocycles. The van der Waals surface area contributed by atoms with Crippen LogP contribution in [-0.4, -0.2) is 64.3 Å². The Labute approximate surface area is 568 Å². The van der Waals surface area contributed by atoms with Gasteiger partial charge in [0.15, 0.2) is 0 Å². The van der Waals surface area contributed by atoms with Crippen LogP contribution in [0, 0.1) is 0 Å². The summed E-state index contributed by atoms with van der Waals surface area (Å²) in [6.07, 6.45) is 18.7. The molecule has 8 aromatic rings. The van der Waals surface area contributed by atoms with Gasteiger partial charge >= 0.3 is 26.2 Å². The van der Waals surface area contributed by atoms with Gasteiger partial charge in [0.25, 0.3) is 0 Å². The molecule has 0 atom stereocenters. The first-order valence-corrected chi connectivity index (χ1v) is 35.7. The fraction of sp³-hybridized carbons (Fsp3) is 0.470. The lowest BCUT2D eigenvalue weighted by molar-refractivity contribution is -0.156. The number of hydrogen-bond donors (Lipinski definition) is 0. The fourth-order valence-corrected chi connectivity index (χ4v) is 14.4. The molecule has 7 aromatic carbocycles. The highest BCUT2D eigenvalue weighted by atomic mass is 16.7. The maximum Gasteiger partial charge on any atom is 0.494 e. The van der Waals surface area contributed by atoms with Gasteiger partial charge < -0.3 is 37.6 Å². The van der Waals surface area contributed by atoms with Crippen molar-refractivity contribution in [3.8, 4) is 27.9 Å². The lowest BCUT2D eigenvalue weighted by atomic mass is 9.70. The van der Waals surface area contributed by atoms with E-state index in [2.05, 4.69) is 223 Å². The van der Waals surface area contributed by atoms with Crippen LogP contribution in [-0.2, 0) is 43.1 Å². The number of unbranched alkanes of at least 4 members (excludes halogenated alkanes) is 12. The molecule has 10 nitrogen and oxygen atoms in total. The number of hydrogen-bond acceptors (Lipinski definition) is 9. The summed E-state index contributed by atoms with van der Waals surface area (Å²) in [5.74, 6) is -0.186. The number of anilines is 3. The number of carbonyl (C=O) groups is 2. The fourth-order valence-electron chi connectivity index (χ4n) is 14.4. The summed E-state index contributed by atoms with van der Waals surface area (Å²) in [4.78, 5) is 27.1. The first-order chi connectivity index (χ1) is 45.1. The summed E-state index contributed by atoms with van der Waals surface area (Å²) in [5.41, 5.74) is 13.7. The molecular weight excluding hydrogens is 1170 g/mol. The Hall–Kier alpha value is -6.95. The van der Waals surface area contributed by atoms with E-state index in [9.17, 15) is 9.59 Å². The number of nitrogens with zero attached hydrogens (tertiary/aromatic N) is 2. The van der Waals surface area contributed by atoms with Crippen LogP contribution in [0.1, 0.15) is 224 Å². The van der Waals surface area contributed by atoms with E-state index < -0.39 is 47.8 Å². The zero-order valence-electron chi connectivity index (χ0n) is 59.6. The van der Waals surface area contributed by atoms with E-state index in [-0.39, 0.29) is 17.4 Å². The SMILES string of the molecule is CC(C)(C)OC(=O)CCCCCCCCCC1(CCCCCCCCCC(=O)OC(C)(C)C)c2ccccc2-c2ccc(-n3c4ccccc4c4ccc(-c5ccc(N(c6ccc(B7OC(C)(C)C(C)(C)O7)cc6)c6ccc(B7OC(C)(C)C(C)(C)O7)cc6)cc5)cc43)cc21. The van der Waals surface area contributed by atoms with Crippen molar-refractivity contribution >= 4 is 76.0 Å². The quantitative estimate of drug-likeness (QED) is 0.0283. The molecule has 0 bridgehead atoms. The molecule has 0 N–H and O–H groups in total. The lowest BCUT2D eigenvalue weighted by Gasteiger charge is -2.33. The predicted octanol–water partition coefficient (Wildman–Crippen LogP) is 20.5. The number of para-hydroxylation sites is 1. The summed E-state index contributed by atoms with van der Waals surface area (Å²) in [7, 11) is -0.933. The smallest absolute Gasteiger partial charge is 0.460 e. The molecule has 11 rings (SSSR count). The van der Waals surface area contributed by atoms with Gasteiger partial charge in [-0.2, -0.15) is 0 Å². The van der Waals surface area contributed by atoms with Crippen molar-refractivity contribution in [1.29, 1.82) is 0 Å². The van der Waals surface area contributed by atoms with Crippen molar-refractivity contribution < 1.29 is 37.7 Å². The Morgan fingerprint density at radius 2 is 0.811 bits per heavy atom. The Balaban J connectivity index is 0.878. The highest BCUT2D eigenvalue weighted by Gasteiger charge is 2.53. The zero-order chi connectivity index (χ0) is 67.6. The molecule has 0 radical (unpaired) electrons. The molecule has 3 aliphatic rings. The molecule has 2 saturated heterocycles. The van der Waals surface area contributed by atoms with E-state index in [1.807, 2.05) is 41.5 Å². The van der Waals surface area contributed by atoms with Crippen LogP contribution < -0.4 is 15.8 Å². The number of ether oxygens (including phenoxy) is 2. The van der Waals surface area contributed by atoms with Crippen LogP contribution in [0.25, 0.3) is 49.7 Å². The number of benzene rings is 7. The lowest BCUT2D eigenvalue weighted by Crippen LogP contribution is -2.41. The van der Waals surface area contributed by atoms with Crippen molar-refractivity contribution in [2.45, 2.75) is 252 Å². The van der Waals surface area contributed by atoms with Gasteiger partial charge in [-0.1, -0.05) is 174 Å². The van der Waals surface area contributed by atoms with Crippen molar-refractivity contribution in [2.75, 3.05) is 4.90 Å². The van der Waals surface area contributed by atoms with Crippen LogP contribution >= 0.6 is 0 Å². The summed E-state index contributed by atoms with van der Waals surface area (Å²) in [6.45, 7) is 28.4. The second-order valence-corrected chi connectivity index (χ2v) is 31.3. The summed E-state index contributed by atoms with van der Waals surface area (Å²) >= 11 is 0. The third-order valence-corrected chi connectivity index (χ3v) is 20.8. The largest absolute Gasteiger partial charge is 0.494 e. The highest BCUT2D eigenvalue weighted by Crippen LogP contribution is 2.55. The third-order valence-electron chi connectivity index (χ3n) is 20.8. The Morgan fingerprint density at radius 1 is 0.411 bits per heavy atom. The average Bonchev–Trinajstić information content (AvgIpc) is 1.57. The molecule has 0 saturated carbocycles. The first kappa shape index (κ1) is 69.4. The van der Waals surface area contributed by atoms with Gasteiger partial charge in [-0.3, -0.25) is 9.59 Å². The van der Waals surface area contributed by atoms with Gasteiger partial charge in [0.2, 0.25) is 0 Å². The van der Waals surface area contributed by atoms with Crippen molar-refractivity contribution in [1.82, 2.24) is 4.57 Å². The third kappa shape index (κ3) is 15.6. The van der Waals surface area contributed by atoms with Crippen LogP contribution in [0.5, 0.6) is 0 Å². The molecule has 2 fully saturated rings. The van der Waals surface area contributed by atoms with Gasteiger partial charge in [0.1, 0.15) is 11.2 Å². The molecule has 3 heterocycles. The van der Waals surface area contributed by atoms with E-state index in [4.69, 9.17) is 28.1 Å². The second kappa shape index (κ2) is 28.3. The van der Waals surface area contributed by atoms with Crippen LogP contribution in [0.2, 0.25) is 0 Å². The van der Waals surface area contributed by atoms with Gasteiger partial charge in [-0.15, -0.1) is 0 Å². The monoisotopic (exact) mass is 1280 g/mol. The summed E-state index contributed by atoms with van der Waals surface area (Å²) in [6, 6.07) is 58.7. The van der Waals surface area contributed by atoms with Crippen LogP contribution in [0.4, 0.5) is 17.1 Å². The second-order valence-electron chi connectivity index (χ2n) is 31.3. The summed E-state index contributed by atoms with van der Waals surface area (Å²) in [5, 5.41) is 2.46. The molecule has 1 aromatic heterocycles. The van der Waals surface area contributed by atoms with Gasteiger partial charge in [-0.25, -0.2) is 0 Å². The zero-order valence-corrected chi connectivity index (χ0v) is 59.6. The number of aromatic nitrogens is 1. The first-order valence-electron chi connectivity index (χ1n) is 35.7. The normalized spacial score (nSPS) is 16.7. The Morgan fingerprint density at radius 3 is 1.29 bits per heavy atom. The number of rotatable bonds is 27. The Kier molecular flexibility index (Phi) is 20.6. The van der Waals surface area contributed by atoms with E-state index in [1.165, 1.54) is 88.3 Å². The molecule has 2 aliphatic heterocycles. The van der Waals surface area contributed by atoms with E-state index in [0.717, 1.165) is 103 Å². The molecule has 0 spiro atoms. The number of esters is 2. The van der Waals surface area contributed by atoms with Crippen LogP contribution in [0.15, 0.2) is 158 Å². The van der Waals surface area contributed by atoms with E-state index in [0.29, 0.717) is 12.8 Å². The topological polar surface area (TPSA) is 97.7 Å². The molecule has 0 unspecified atom stereocenters. The van der Waals surface area contributed by atoms with Gasteiger partial charge in [0.05, 0.1) is 33.4 Å². The minimum absolute atomic E-state index is 0.0930. The van der Waals surface area contributed by atoms with E-state index in [1.54, 1.807) is 0 Å². The molecule has 500 valence electrons. The molecular formula is C83H104B2N2O8. The van der Waals surface area contributed by atoms with Crippen molar-refractivity contribution in [2.24, 2.45) is 0 Å². The highest BCUT2D eigenvalue weighted by molar-refractivity contribution is 6.62. The molecule has 12 heteroatoms. The maximum atomic E-state index is 12.4. The molecule has 95 heavy (non-hydrogen) atoms. The number of fused-ring (bicyclic) bond motifs is 6. The minimum Gasteiger partial charge on any atom is -0.460 e. The maximum absolute atomic E-state index is 12.4. The number of carbonyl (C=O) groups excluding carboxylic acids is 2. The van der Waals surface area contributed by atoms with Crippen molar-refractivity contribution in [3.05, 3.63) is 169 Å².